The third-order valence-electron chi connectivity index (χ3n) is 4.01. The lowest BCUT2D eigenvalue weighted by molar-refractivity contribution is 1.09. The molecule has 0 aliphatic heterocycles. The molecule has 18 heavy (non-hydrogen) atoms. The summed E-state index contributed by atoms with van der Waals surface area (Å²) in [5.74, 6) is 0. The minimum atomic E-state index is -1.38. The summed E-state index contributed by atoms with van der Waals surface area (Å²) in [7, 11) is -1.38. The average molecular weight is 261 g/mol. The second kappa shape index (κ2) is 7.42. The summed E-state index contributed by atoms with van der Waals surface area (Å²) in [6.45, 7) is 9.27. The van der Waals surface area contributed by atoms with Gasteiger partial charge in [0.15, 0.2) is 8.24 Å². The molecule has 1 nitrogen and oxygen atoms in total. The highest BCUT2D eigenvalue weighted by atomic mass is 28.3. The maximum Gasteiger partial charge on any atom is 0.161 e. The molecule has 0 heterocycles. The van der Waals surface area contributed by atoms with E-state index in [4.69, 9.17) is 0 Å². The number of hydrogen-bond donors (Lipinski definition) is 0. The fraction of sp³-hybridized carbons (Fsp3) is 0.500. The van der Waals surface area contributed by atoms with Crippen LogP contribution in [0.4, 0.5) is 5.69 Å². The van der Waals surface area contributed by atoms with Crippen molar-refractivity contribution in [1.82, 2.24) is 0 Å². The molecule has 100 valence electrons. The molecule has 1 aromatic rings. The summed E-state index contributed by atoms with van der Waals surface area (Å²) in [5, 5.41) is 0. The van der Waals surface area contributed by atoms with Crippen LogP contribution in [0.5, 0.6) is 0 Å². The van der Waals surface area contributed by atoms with E-state index in [1.807, 2.05) is 0 Å². The second-order valence-corrected chi connectivity index (χ2v) is 9.84. The number of anilines is 1. The Hall–Kier alpha value is -1.02. The maximum absolute atomic E-state index is 2.61. The Morgan fingerprint density at radius 2 is 1.50 bits per heavy atom. The monoisotopic (exact) mass is 261 g/mol. The van der Waals surface area contributed by atoms with Gasteiger partial charge in [-0.3, -0.25) is 0 Å². The van der Waals surface area contributed by atoms with Crippen LogP contribution in [0.15, 0.2) is 42.6 Å². The Bertz CT molecular complexity index is 346. The summed E-state index contributed by atoms with van der Waals surface area (Å²) < 4.78 is 2.61. The Morgan fingerprint density at radius 3 is 1.94 bits per heavy atom. The molecule has 0 aliphatic rings. The highest BCUT2D eigenvalue weighted by molar-refractivity contribution is 6.83. The molecule has 2 heteroatoms. The van der Waals surface area contributed by atoms with Gasteiger partial charge in [0.05, 0.1) is 0 Å². The topological polar surface area (TPSA) is 3.24 Å². The smallest absolute Gasteiger partial charge is 0.161 e. The van der Waals surface area contributed by atoms with Gasteiger partial charge in [0.1, 0.15) is 0 Å². The van der Waals surface area contributed by atoms with Gasteiger partial charge in [-0.05, 0) is 42.9 Å². The van der Waals surface area contributed by atoms with E-state index in [1.165, 1.54) is 23.8 Å². The largest absolute Gasteiger partial charge is 0.375 e. The van der Waals surface area contributed by atoms with Gasteiger partial charge < -0.3 is 4.57 Å². The van der Waals surface area contributed by atoms with Crippen molar-refractivity contribution in [2.24, 2.45) is 0 Å². The van der Waals surface area contributed by atoms with Gasteiger partial charge in [-0.15, -0.1) is 0 Å². The van der Waals surface area contributed by atoms with Crippen molar-refractivity contribution in [2.75, 3.05) is 4.57 Å². The fourth-order valence-electron chi connectivity index (χ4n) is 2.58. The molecule has 0 N–H and O–H groups in total. The van der Waals surface area contributed by atoms with Crippen molar-refractivity contribution >= 4 is 13.9 Å². The van der Waals surface area contributed by atoms with Crippen LogP contribution < -0.4 is 4.57 Å². The van der Waals surface area contributed by atoms with Crippen LogP contribution in [0.1, 0.15) is 34.1 Å². The first kappa shape index (κ1) is 15.0. The van der Waals surface area contributed by atoms with Crippen LogP contribution in [0.25, 0.3) is 0 Å². The molecule has 0 aliphatic carbocycles. The maximum atomic E-state index is 2.61. The van der Waals surface area contributed by atoms with E-state index in [-0.39, 0.29) is 0 Å². The van der Waals surface area contributed by atoms with E-state index in [0.717, 1.165) is 6.42 Å². The summed E-state index contributed by atoms with van der Waals surface area (Å²) in [4.78, 5) is 0. The molecule has 1 aromatic carbocycles. The van der Waals surface area contributed by atoms with Crippen molar-refractivity contribution in [3.8, 4) is 0 Å². The zero-order chi connectivity index (χ0) is 13.4. The lowest BCUT2D eigenvalue weighted by Crippen LogP contribution is -2.49. The molecule has 0 unspecified atom stereocenters. The number of para-hydroxylation sites is 1. The number of rotatable bonds is 7. The molecule has 0 aromatic heterocycles. The number of nitrogens with zero attached hydrogens (tertiary/aromatic N) is 1. The lowest BCUT2D eigenvalue weighted by atomic mass is 10.3. The van der Waals surface area contributed by atoms with Gasteiger partial charge in [-0.25, -0.2) is 0 Å². The van der Waals surface area contributed by atoms with E-state index >= 15 is 0 Å². The van der Waals surface area contributed by atoms with Crippen molar-refractivity contribution in [3.05, 3.63) is 42.6 Å². The average Bonchev–Trinajstić information content (AvgIpc) is 2.45. The Labute approximate surface area is 114 Å². The summed E-state index contributed by atoms with van der Waals surface area (Å²) in [5.41, 5.74) is 1.36. The van der Waals surface area contributed by atoms with Crippen LogP contribution in [0, 0.1) is 0 Å². The first-order valence-electron chi connectivity index (χ1n) is 7.25. The van der Waals surface area contributed by atoms with Gasteiger partial charge in [-0.1, -0.05) is 52.0 Å². The third kappa shape index (κ3) is 3.26. The van der Waals surface area contributed by atoms with E-state index in [0.29, 0.717) is 0 Å². The quantitative estimate of drug-likeness (QED) is 0.592. The standard InChI is InChI=1S/C16H27NSi/c1-5-9-15-17(16-13-11-10-12-14-16)18(6-2,7-3)8-4/h9-15H,5-8H2,1-4H3. The van der Waals surface area contributed by atoms with Crippen molar-refractivity contribution in [3.63, 3.8) is 0 Å². The first-order valence-corrected chi connectivity index (χ1v) is 9.82. The minimum Gasteiger partial charge on any atom is -0.375 e. The van der Waals surface area contributed by atoms with Gasteiger partial charge in [0, 0.05) is 5.69 Å². The minimum absolute atomic E-state index is 1.10. The summed E-state index contributed by atoms with van der Waals surface area (Å²) in [6, 6.07) is 14.8. The molecular weight excluding hydrogens is 234 g/mol. The molecule has 0 saturated heterocycles. The molecule has 0 bridgehead atoms. The predicted octanol–water partition coefficient (Wildman–Crippen LogP) is 5.42. The second-order valence-electron chi connectivity index (χ2n) is 4.78. The third-order valence-corrected chi connectivity index (χ3v) is 9.39. The van der Waals surface area contributed by atoms with Gasteiger partial charge >= 0.3 is 0 Å². The van der Waals surface area contributed by atoms with E-state index < -0.39 is 8.24 Å². The Balaban J connectivity index is 3.16. The van der Waals surface area contributed by atoms with Crippen LogP contribution in [0.2, 0.25) is 18.1 Å². The highest BCUT2D eigenvalue weighted by Gasteiger charge is 2.33. The van der Waals surface area contributed by atoms with Gasteiger partial charge in [0.2, 0.25) is 0 Å². The van der Waals surface area contributed by atoms with E-state index in [9.17, 15) is 0 Å². The van der Waals surface area contributed by atoms with E-state index in [2.05, 4.69) is 74.9 Å². The van der Waals surface area contributed by atoms with Crippen LogP contribution >= 0.6 is 0 Å². The van der Waals surface area contributed by atoms with Crippen LogP contribution in [-0.2, 0) is 0 Å². The molecule has 0 spiro atoms. The van der Waals surface area contributed by atoms with E-state index in [1.54, 1.807) is 0 Å². The van der Waals surface area contributed by atoms with Crippen LogP contribution in [-0.4, -0.2) is 8.24 Å². The number of hydrogen-bond acceptors (Lipinski definition) is 1. The first-order chi connectivity index (χ1) is 8.74. The SMILES string of the molecule is CCC=CN(c1ccccc1)[Si](CC)(CC)CC. The number of allylic oxidation sites excluding steroid dienone is 1. The summed E-state index contributed by atoms with van der Waals surface area (Å²) in [6.07, 6.45) is 5.72. The Kier molecular flexibility index (Phi) is 6.20. The molecule has 0 saturated carbocycles. The zero-order valence-corrected chi connectivity index (χ0v) is 13.3. The number of benzene rings is 1. The molecular formula is C16H27NSi. The van der Waals surface area contributed by atoms with Gasteiger partial charge in [0.25, 0.3) is 0 Å². The van der Waals surface area contributed by atoms with Crippen LogP contribution in [0.3, 0.4) is 0 Å². The molecule has 0 atom stereocenters. The predicted molar refractivity (Wildman–Crippen MR) is 85.5 cm³/mol. The normalized spacial score (nSPS) is 12.0. The van der Waals surface area contributed by atoms with Gasteiger partial charge in [-0.2, -0.15) is 0 Å². The highest BCUT2D eigenvalue weighted by Crippen LogP contribution is 2.30. The summed E-state index contributed by atoms with van der Waals surface area (Å²) >= 11 is 0. The lowest BCUT2D eigenvalue weighted by Gasteiger charge is -2.40. The van der Waals surface area contributed by atoms with Crippen molar-refractivity contribution in [1.29, 1.82) is 0 Å². The zero-order valence-electron chi connectivity index (χ0n) is 12.3. The fourth-order valence-corrected chi connectivity index (χ4v) is 6.22. The molecule has 1 rings (SSSR count). The molecule has 0 amide bonds. The Morgan fingerprint density at radius 1 is 0.944 bits per heavy atom. The molecule has 0 radical (unpaired) electrons. The van der Waals surface area contributed by atoms with Crippen molar-refractivity contribution < 1.29 is 0 Å². The van der Waals surface area contributed by atoms with Crippen molar-refractivity contribution in [2.45, 2.75) is 52.2 Å². The molecule has 0 fully saturated rings.